The fourth-order valence-corrected chi connectivity index (χ4v) is 3.19. The van der Waals surface area contributed by atoms with Crippen molar-refractivity contribution in [1.29, 1.82) is 0 Å². The van der Waals surface area contributed by atoms with Crippen LogP contribution in [0.4, 0.5) is 5.82 Å². The first-order valence-corrected chi connectivity index (χ1v) is 12.5. The van der Waals surface area contributed by atoms with Crippen molar-refractivity contribution in [2.24, 2.45) is 5.73 Å². The van der Waals surface area contributed by atoms with Gasteiger partial charge < -0.3 is 31.3 Å². The molecule has 3 heterocycles. The minimum atomic E-state index is -4.67. The number of imidazole rings is 1. The fourth-order valence-electron chi connectivity index (χ4n) is 3.19. The van der Waals surface area contributed by atoms with Gasteiger partial charge in [0.05, 0.1) is 0 Å². The van der Waals surface area contributed by atoms with E-state index in [1.54, 1.807) is 11.5 Å². The van der Waals surface area contributed by atoms with Crippen LogP contribution in [0, 0.1) is 6.92 Å². The van der Waals surface area contributed by atoms with Gasteiger partial charge in [-0.05, 0) is 33.5 Å². The highest BCUT2D eigenvalue weighted by Crippen LogP contribution is 2.33. The number of fused-ring (bicyclic) bond motifs is 1. The molecule has 0 spiro atoms. The van der Waals surface area contributed by atoms with Crippen molar-refractivity contribution in [3.63, 3.8) is 0 Å². The van der Waals surface area contributed by atoms with Gasteiger partial charge in [0.1, 0.15) is 30.5 Å². The van der Waals surface area contributed by atoms with Crippen molar-refractivity contribution in [3.05, 3.63) is 12.2 Å². The van der Waals surface area contributed by atoms with Gasteiger partial charge in [0.2, 0.25) is 0 Å². The lowest BCUT2D eigenvalue weighted by molar-refractivity contribution is -0.0431. The predicted octanol–water partition coefficient (Wildman–Crippen LogP) is -2.69. The van der Waals surface area contributed by atoms with Gasteiger partial charge in [0.25, 0.3) is 0 Å². The molecule has 2 aromatic heterocycles. The third-order valence-corrected chi connectivity index (χ3v) is 4.51. The number of anilines is 1. The lowest BCUT2D eigenvalue weighted by atomic mass is 10.1. The van der Waals surface area contributed by atoms with Crippen molar-refractivity contribution in [3.8, 4) is 0 Å². The molecule has 1 fully saturated rings. The van der Waals surface area contributed by atoms with Crippen LogP contribution in [0.5, 0.6) is 0 Å². The van der Waals surface area contributed by atoms with Crippen LogP contribution in [0.25, 0.3) is 11.2 Å². The van der Waals surface area contributed by atoms with E-state index in [4.69, 9.17) is 51.3 Å². The Morgan fingerprint density at radius 3 is 2.14 bits per heavy atom. The van der Waals surface area contributed by atoms with Crippen LogP contribution in [0.2, 0.25) is 0 Å². The molecular formula is C15H29N7O11S2. The van der Waals surface area contributed by atoms with Gasteiger partial charge in [-0.3, -0.25) is 22.8 Å². The summed E-state index contributed by atoms with van der Waals surface area (Å²) in [5, 5.41) is 20.9. The summed E-state index contributed by atoms with van der Waals surface area (Å²) in [6.07, 6.45) is -1.24. The Kier molecular flexibility index (Phi) is 11.2. The highest BCUT2D eigenvalue weighted by atomic mass is 32.3. The first kappa shape index (κ1) is 30.9. The van der Waals surface area contributed by atoms with Crippen LogP contribution >= 0.6 is 0 Å². The zero-order valence-electron chi connectivity index (χ0n) is 18.6. The number of aliphatic hydroxyl groups is 2. The van der Waals surface area contributed by atoms with E-state index in [1.165, 1.54) is 6.33 Å². The number of aryl methyl sites for hydroxylation is 1. The van der Waals surface area contributed by atoms with Gasteiger partial charge >= 0.3 is 20.8 Å². The summed E-state index contributed by atoms with van der Waals surface area (Å²) in [5.74, 6) is 0.841. The van der Waals surface area contributed by atoms with Crippen molar-refractivity contribution in [1.82, 2.24) is 24.4 Å². The van der Waals surface area contributed by atoms with Crippen molar-refractivity contribution in [2.75, 3.05) is 32.4 Å². The van der Waals surface area contributed by atoms with E-state index in [9.17, 15) is 10.2 Å². The Labute approximate surface area is 200 Å². The molecule has 0 radical (unpaired) electrons. The highest BCUT2D eigenvalue weighted by molar-refractivity contribution is 7.80. The number of nitrogen functional groups attached to an aromatic ring is 1. The second-order valence-corrected chi connectivity index (χ2v) is 9.10. The van der Waals surface area contributed by atoms with Crippen LogP contribution < -0.4 is 11.5 Å². The highest BCUT2D eigenvalue weighted by Gasteiger charge is 2.45. The molecular weight excluding hydrogens is 518 g/mol. The predicted molar refractivity (Wildman–Crippen MR) is 120 cm³/mol. The van der Waals surface area contributed by atoms with Crippen LogP contribution in [-0.2, 0) is 25.5 Å². The number of nitrogens with zero attached hydrogens (tertiary/aromatic N) is 5. The second kappa shape index (κ2) is 12.7. The summed E-state index contributed by atoms with van der Waals surface area (Å²) >= 11 is 0. The number of aliphatic hydroxyl groups excluding tert-OH is 2. The molecule has 1 saturated heterocycles. The minimum Gasteiger partial charge on any atom is -0.387 e. The molecule has 4 atom stereocenters. The second-order valence-electron chi connectivity index (χ2n) is 7.31. The number of hydrogen-bond donors (Lipinski definition) is 8. The fraction of sp³-hybridized carbons (Fsp3) is 0.667. The quantitative estimate of drug-likeness (QED) is 0.171. The molecule has 0 bridgehead atoms. The van der Waals surface area contributed by atoms with E-state index in [2.05, 4.69) is 15.0 Å². The topological polar surface area (TPSA) is 298 Å². The number of nitrogens with two attached hydrogens (primary N) is 2. The summed E-state index contributed by atoms with van der Waals surface area (Å²) in [4.78, 5) is 14.5. The molecule has 20 heteroatoms. The number of likely N-dealkylation sites (N-methyl/N-ethyl adjacent to an activating group) is 1. The SMILES string of the molecule is Cc1nc2c(N)ncnc2n1[C@@H]1O[C@H](CN(C)CCCN)[C@@H](O)[C@H]1O.O=S(=O)(O)O.O=S(=O)(O)O. The smallest absolute Gasteiger partial charge is 0.387 e. The number of hydrogen-bond acceptors (Lipinski definition) is 13. The molecule has 10 N–H and O–H groups in total. The maximum Gasteiger partial charge on any atom is 0.394 e. The third kappa shape index (κ3) is 10.6. The molecule has 0 aliphatic carbocycles. The standard InChI is InChI=1S/C15H25N7O3.2H2O4S/c1-8-20-10-13(17)18-7-19-14(10)22(8)15-12(24)11(23)9(25-15)6-21(2)5-3-4-16;2*1-5(2,3)4/h7,9,11-12,15,23-24H,3-6,16H2,1-2H3,(H2,17,18,19);2*(H2,1,2,3,4)/t9-,11-,12-,15-;;/m1../s1. The van der Waals surface area contributed by atoms with Gasteiger partial charge in [-0.25, -0.2) is 15.0 Å². The van der Waals surface area contributed by atoms with Crippen LogP contribution in [-0.4, -0.2) is 115 Å². The number of rotatable bonds is 6. The van der Waals surface area contributed by atoms with Crippen LogP contribution in [0.1, 0.15) is 18.5 Å². The van der Waals surface area contributed by atoms with E-state index < -0.39 is 45.3 Å². The van der Waals surface area contributed by atoms with E-state index in [0.717, 1.165) is 13.0 Å². The van der Waals surface area contributed by atoms with Gasteiger partial charge in [-0.1, -0.05) is 0 Å². The normalized spacial score (nSPS) is 22.5. The molecule has 1 aliphatic heterocycles. The maximum atomic E-state index is 10.5. The zero-order valence-corrected chi connectivity index (χ0v) is 20.3. The monoisotopic (exact) mass is 547 g/mol. The van der Waals surface area contributed by atoms with Crippen LogP contribution in [0.15, 0.2) is 6.33 Å². The lowest BCUT2D eigenvalue weighted by Gasteiger charge is -2.22. The Morgan fingerprint density at radius 2 is 1.63 bits per heavy atom. The molecule has 202 valence electrons. The molecule has 18 nitrogen and oxygen atoms in total. The average molecular weight is 548 g/mol. The summed E-state index contributed by atoms with van der Waals surface area (Å²) in [6.45, 7) is 3.65. The van der Waals surface area contributed by atoms with Gasteiger partial charge in [-0.2, -0.15) is 16.8 Å². The molecule has 0 unspecified atom stereocenters. The van der Waals surface area contributed by atoms with Gasteiger partial charge in [-0.15, -0.1) is 0 Å². The average Bonchev–Trinajstić information content (AvgIpc) is 3.15. The Morgan fingerprint density at radius 1 is 1.09 bits per heavy atom. The third-order valence-electron chi connectivity index (χ3n) is 4.51. The molecule has 2 aromatic rings. The Balaban J connectivity index is 0.000000519. The first-order chi connectivity index (χ1) is 15.9. The van der Waals surface area contributed by atoms with Crippen LogP contribution in [0.3, 0.4) is 0 Å². The van der Waals surface area contributed by atoms with Gasteiger partial charge in [0, 0.05) is 6.54 Å². The van der Waals surface area contributed by atoms with E-state index in [0.29, 0.717) is 30.1 Å². The lowest BCUT2D eigenvalue weighted by Crippen LogP contribution is -2.39. The summed E-state index contributed by atoms with van der Waals surface area (Å²) in [7, 11) is -7.41. The number of aromatic nitrogens is 4. The summed E-state index contributed by atoms with van der Waals surface area (Å²) in [5.41, 5.74) is 12.3. The first-order valence-electron chi connectivity index (χ1n) is 9.69. The summed E-state index contributed by atoms with van der Waals surface area (Å²) in [6, 6.07) is 0. The van der Waals surface area contributed by atoms with E-state index >= 15 is 0 Å². The molecule has 0 aromatic carbocycles. The summed E-state index contributed by atoms with van der Waals surface area (Å²) < 4.78 is 70.8. The van der Waals surface area contributed by atoms with Gasteiger partial charge in [0.15, 0.2) is 23.2 Å². The Hall–Kier alpha value is -2.11. The van der Waals surface area contributed by atoms with Crippen molar-refractivity contribution in [2.45, 2.75) is 37.9 Å². The minimum absolute atomic E-state index is 0.262. The van der Waals surface area contributed by atoms with Crippen molar-refractivity contribution >= 4 is 37.8 Å². The van der Waals surface area contributed by atoms with Crippen molar-refractivity contribution < 1.29 is 50.0 Å². The molecule has 3 rings (SSSR count). The maximum absolute atomic E-state index is 10.5. The molecule has 0 amide bonds. The van der Waals surface area contributed by atoms with E-state index in [1.807, 2.05) is 11.9 Å². The Bertz CT molecular complexity index is 1130. The van der Waals surface area contributed by atoms with E-state index in [-0.39, 0.29) is 5.82 Å². The molecule has 1 aliphatic rings. The molecule has 35 heavy (non-hydrogen) atoms. The zero-order chi connectivity index (χ0) is 27.1. The molecule has 0 saturated carbocycles. The largest absolute Gasteiger partial charge is 0.394 e. The number of ether oxygens (including phenoxy) is 1.